The fourth-order valence-electron chi connectivity index (χ4n) is 1.25. The van der Waals surface area contributed by atoms with Gasteiger partial charge in [0.25, 0.3) is 0 Å². The minimum Gasteiger partial charge on any atom is -0.494 e. The Kier molecular flexibility index (Phi) is 3.02. The van der Waals surface area contributed by atoms with Crippen molar-refractivity contribution in [1.29, 1.82) is 0 Å². The fraction of sp³-hybridized carbons (Fsp3) is 0.222. The number of nitrogens with zero attached hydrogens (tertiary/aromatic N) is 4. The Morgan fingerprint density at radius 1 is 1.50 bits per heavy atom. The highest BCUT2D eigenvalue weighted by molar-refractivity contribution is 6.30. The predicted molar refractivity (Wildman–Crippen MR) is 58.6 cm³/mol. The van der Waals surface area contributed by atoms with Crippen LogP contribution in [0.3, 0.4) is 0 Å². The number of ether oxygens (including phenoxy) is 1. The van der Waals surface area contributed by atoms with Crippen molar-refractivity contribution in [2.24, 2.45) is 5.73 Å². The van der Waals surface area contributed by atoms with E-state index in [2.05, 4.69) is 15.4 Å². The number of hydrogen-bond donors (Lipinski definition) is 1. The number of methoxy groups -OCH3 is 1. The van der Waals surface area contributed by atoms with Gasteiger partial charge >= 0.3 is 0 Å². The zero-order chi connectivity index (χ0) is 11.5. The number of rotatable bonds is 3. The molecule has 0 bridgehead atoms. The van der Waals surface area contributed by atoms with E-state index in [1.165, 1.54) is 4.80 Å². The molecule has 84 valence electrons. The third-order valence-electron chi connectivity index (χ3n) is 1.99. The second-order valence-electron chi connectivity index (χ2n) is 3.02. The molecule has 0 spiro atoms. The Morgan fingerprint density at radius 2 is 2.31 bits per heavy atom. The quantitative estimate of drug-likeness (QED) is 0.857. The molecule has 6 nitrogen and oxygen atoms in total. The highest BCUT2D eigenvalue weighted by Crippen LogP contribution is 2.24. The Labute approximate surface area is 97.0 Å². The SMILES string of the molecule is COc1ccc(Cl)cc1-n1nnc(CN)n1. The third-order valence-corrected chi connectivity index (χ3v) is 2.23. The molecule has 0 amide bonds. The van der Waals surface area contributed by atoms with Gasteiger partial charge in [0.2, 0.25) is 0 Å². The van der Waals surface area contributed by atoms with E-state index in [9.17, 15) is 0 Å². The first-order valence-corrected chi connectivity index (χ1v) is 4.95. The van der Waals surface area contributed by atoms with Crippen LogP contribution in [0.5, 0.6) is 5.75 Å². The van der Waals surface area contributed by atoms with Gasteiger partial charge in [0.05, 0.1) is 13.7 Å². The van der Waals surface area contributed by atoms with Gasteiger partial charge in [-0.3, -0.25) is 0 Å². The zero-order valence-corrected chi connectivity index (χ0v) is 9.35. The standard InChI is InChI=1S/C9H10ClN5O/c1-16-8-3-2-6(10)4-7(8)15-13-9(5-11)12-14-15/h2-4H,5,11H2,1H3. The van der Waals surface area contributed by atoms with Gasteiger partial charge in [-0.15, -0.1) is 15.0 Å². The van der Waals surface area contributed by atoms with Crippen LogP contribution < -0.4 is 10.5 Å². The smallest absolute Gasteiger partial charge is 0.188 e. The highest BCUT2D eigenvalue weighted by Gasteiger charge is 2.09. The summed E-state index contributed by atoms with van der Waals surface area (Å²) >= 11 is 5.89. The van der Waals surface area contributed by atoms with E-state index < -0.39 is 0 Å². The summed E-state index contributed by atoms with van der Waals surface area (Å²) in [6, 6.07) is 5.16. The van der Waals surface area contributed by atoms with E-state index in [-0.39, 0.29) is 6.54 Å². The lowest BCUT2D eigenvalue weighted by molar-refractivity contribution is 0.409. The van der Waals surface area contributed by atoms with Crippen LogP contribution in [-0.4, -0.2) is 27.3 Å². The van der Waals surface area contributed by atoms with E-state index in [1.54, 1.807) is 25.3 Å². The number of hydrogen-bond acceptors (Lipinski definition) is 5. The number of tetrazole rings is 1. The molecule has 0 unspecified atom stereocenters. The molecule has 7 heteroatoms. The van der Waals surface area contributed by atoms with Crippen LogP contribution in [-0.2, 0) is 6.54 Å². The largest absolute Gasteiger partial charge is 0.494 e. The maximum Gasteiger partial charge on any atom is 0.188 e. The van der Waals surface area contributed by atoms with Crippen LogP contribution >= 0.6 is 11.6 Å². The number of aromatic nitrogens is 4. The molecule has 0 aliphatic carbocycles. The molecule has 1 aromatic carbocycles. The summed E-state index contributed by atoms with van der Waals surface area (Å²) in [7, 11) is 1.56. The van der Waals surface area contributed by atoms with Gasteiger partial charge in [-0.1, -0.05) is 11.6 Å². The molecule has 0 radical (unpaired) electrons. The topological polar surface area (TPSA) is 78.8 Å². The Morgan fingerprint density at radius 3 is 2.94 bits per heavy atom. The van der Waals surface area contributed by atoms with E-state index in [1.807, 2.05) is 0 Å². The Balaban J connectivity index is 2.49. The normalized spacial score (nSPS) is 10.4. The summed E-state index contributed by atoms with van der Waals surface area (Å²) in [4.78, 5) is 1.34. The van der Waals surface area contributed by atoms with Crippen LogP contribution in [0.25, 0.3) is 5.69 Å². The van der Waals surface area contributed by atoms with Crippen LogP contribution in [0.15, 0.2) is 18.2 Å². The number of nitrogens with two attached hydrogens (primary N) is 1. The van der Waals surface area contributed by atoms with Crippen molar-refractivity contribution < 1.29 is 4.74 Å². The predicted octanol–water partition coefficient (Wildman–Crippen LogP) is 0.783. The lowest BCUT2D eigenvalue weighted by Crippen LogP contribution is -2.03. The minimum atomic E-state index is 0.239. The lowest BCUT2D eigenvalue weighted by Gasteiger charge is -2.06. The van der Waals surface area contributed by atoms with Gasteiger partial charge in [0.1, 0.15) is 11.4 Å². The van der Waals surface area contributed by atoms with Crippen molar-refractivity contribution in [3.8, 4) is 11.4 Å². The van der Waals surface area contributed by atoms with Crippen LogP contribution in [0.1, 0.15) is 5.82 Å². The zero-order valence-electron chi connectivity index (χ0n) is 8.59. The average Bonchev–Trinajstić information content (AvgIpc) is 2.77. The van der Waals surface area contributed by atoms with Gasteiger partial charge in [-0.05, 0) is 23.4 Å². The molecular weight excluding hydrogens is 230 g/mol. The van der Waals surface area contributed by atoms with Gasteiger partial charge < -0.3 is 10.5 Å². The number of benzene rings is 1. The van der Waals surface area contributed by atoms with Crippen molar-refractivity contribution in [2.45, 2.75) is 6.54 Å². The maximum atomic E-state index is 5.89. The first-order chi connectivity index (χ1) is 7.74. The molecule has 2 aromatic rings. The molecule has 0 aliphatic heterocycles. The summed E-state index contributed by atoms with van der Waals surface area (Å²) in [6.45, 7) is 0.239. The first kappa shape index (κ1) is 10.8. The van der Waals surface area contributed by atoms with Crippen LogP contribution in [0.4, 0.5) is 0 Å². The summed E-state index contributed by atoms with van der Waals surface area (Å²) in [5.41, 5.74) is 6.03. The highest BCUT2D eigenvalue weighted by atomic mass is 35.5. The second-order valence-corrected chi connectivity index (χ2v) is 3.45. The number of halogens is 1. The van der Waals surface area contributed by atoms with Crippen molar-refractivity contribution in [2.75, 3.05) is 7.11 Å². The summed E-state index contributed by atoms with van der Waals surface area (Å²) in [6.07, 6.45) is 0. The molecule has 0 atom stereocenters. The molecule has 2 N–H and O–H groups in total. The van der Waals surface area contributed by atoms with Crippen LogP contribution in [0, 0.1) is 0 Å². The molecule has 0 fully saturated rings. The summed E-state index contributed by atoms with van der Waals surface area (Å²) < 4.78 is 5.18. The van der Waals surface area contributed by atoms with E-state index in [0.29, 0.717) is 22.3 Å². The minimum absolute atomic E-state index is 0.239. The van der Waals surface area contributed by atoms with E-state index in [4.69, 9.17) is 22.1 Å². The van der Waals surface area contributed by atoms with Crippen molar-refractivity contribution in [3.05, 3.63) is 29.0 Å². The van der Waals surface area contributed by atoms with Crippen LogP contribution in [0.2, 0.25) is 5.02 Å². The summed E-state index contributed by atoms with van der Waals surface area (Å²) in [5, 5.41) is 12.3. The molecule has 1 aromatic heterocycles. The molecule has 0 saturated carbocycles. The Bertz CT molecular complexity index is 498. The molecular formula is C9H10ClN5O. The summed E-state index contributed by atoms with van der Waals surface area (Å²) in [5.74, 6) is 1.08. The van der Waals surface area contributed by atoms with E-state index in [0.717, 1.165) is 0 Å². The van der Waals surface area contributed by atoms with Crippen molar-refractivity contribution in [1.82, 2.24) is 20.2 Å². The molecule has 0 saturated heterocycles. The van der Waals surface area contributed by atoms with Crippen molar-refractivity contribution in [3.63, 3.8) is 0 Å². The van der Waals surface area contributed by atoms with Gasteiger partial charge in [0, 0.05) is 5.02 Å². The monoisotopic (exact) mass is 239 g/mol. The fourth-order valence-corrected chi connectivity index (χ4v) is 1.41. The molecule has 16 heavy (non-hydrogen) atoms. The van der Waals surface area contributed by atoms with E-state index >= 15 is 0 Å². The third kappa shape index (κ3) is 1.98. The molecule has 2 rings (SSSR count). The van der Waals surface area contributed by atoms with Gasteiger partial charge in [-0.25, -0.2) is 0 Å². The van der Waals surface area contributed by atoms with Gasteiger partial charge in [0.15, 0.2) is 5.82 Å². The first-order valence-electron chi connectivity index (χ1n) is 4.57. The lowest BCUT2D eigenvalue weighted by atomic mass is 10.3. The maximum absolute atomic E-state index is 5.89. The van der Waals surface area contributed by atoms with Crippen molar-refractivity contribution >= 4 is 11.6 Å². The molecule has 1 heterocycles. The Hall–Kier alpha value is -1.66. The van der Waals surface area contributed by atoms with Gasteiger partial charge in [-0.2, -0.15) is 0 Å². The average molecular weight is 240 g/mol. The second kappa shape index (κ2) is 4.46. The molecule has 0 aliphatic rings.